The Labute approximate surface area is 75.1 Å². The van der Waals surface area contributed by atoms with Gasteiger partial charge in [-0.3, -0.25) is 0 Å². The van der Waals surface area contributed by atoms with Crippen LogP contribution in [0, 0.1) is 0 Å². The Bertz CT molecular complexity index is 226. The molecule has 0 N–H and O–H groups in total. The Morgan fingerprint density at radius 3 is 2.00 bits per heavy atom. The van der Waals surface area contributed by atoms with Crippen molar-refractivity contribution in [3.05, 3.63) is 36.8 Å². The summed E-state index contributed by atoms with van der Waals surface area (Å²) in [5, 5.41) is 0. The Balaban J connectivity index is 0.000000145. The second-order valence-corrected chi connectivity index (χ2v) is 2.48. The molecule has 0 spiro atoms. The Hall–Kier alpha value is -1.32. The second-order valence-electron chi connectivity index (χ2n) is 2.48. The van der Waals surface area contributed by atoms with Gasteiger partial charge >= 0.3 is 0 Å². The molecule has 0 aromatic rings. The number of ether oxygens (including phenoxy) is 2. The Kier molecular flexibility index (Phi) is 3.49. The normalized spacial score (nSPS) is 21.4. The third-order valence-electron chi connectivity index (χ3n) is 1.36. The fourth-order valence-corrected chi connectivity index (χ4v) is 0.765. The van der Waals surface area contributed by atoms with Crippen LogP contribution in [0.3, 0.4) is 0 Å². The topological polar surface area (TPSA) is 18.5 Å². The number of hydrogen-bond donors (Lipinski definition) is 0. The summed E-state index contributed by atoms with van der Waals surface area (Å²) >= 11 is 0. The molecule has 0 bridgehead atoms. The van der Waals surface area contributed by atoms with Gasteiger partial charge in [0.1, 0.15) is 12.5 Å². The molecule has 2 rings (SSSR count). The van der Waals surface area contributed by atoms with Crippen LogP contribution in [0.2, 0.25) is 0 Å². The smallest absolute Gasteiger partial charge is 0.270 e. The van der Waals surface area contributed by atoms with Crippen LogP contribution in [0.4, 0.5) is 8.78 Å². The van der Waals surface area contributed by atoms with Crippen LogP contribution in [0.15, 0.2) is 36.8 Å². The van der Waals surface area contributed by atoms with Crippen molar-refractivity contribution in [3.8, 4) is 0 Å². The van der Waals surface area contributed by atoms with E-state index in [-0.39, 0.29) is 6.42 Å². The fraction of sp³-hybridized carbons (Fsp3) is 0.333. The molecule has 0 radical (unpaired) electrons. The van der Waals surface area contributed by atoms with Gasteiger partial charge < -0.3 is 9.47 Å². The summed E-state index contributed by atoms with van der Waals surface area (Å²) < 4.78 is 33.2. The molecule has 1 aliphatic heterocycles. The van der Waals surface area contributed by atoms with Gasteiger partial charge in [-0.05, 0) is 6.08 Å². The lowest BCUT2D eigenvalue weighted by Crippen LogP contribution is -2.11. The van der Waals surface area contributed by atoms with Crippen LogP contribution in [-0.4, -0.2) is 12.7 Å². The lowest BCUT2D eigenvalue weighted by molar-refractivity contribution is 0.0576. The fourth-order valence-electron chi connectivity index (χ4n) is 0.765. The average Bonchev–Trinajstić information content (AvgIpc) is 2.60. The first kappa shape index (κ1) is 9.77. The standard InChI is InChI=1S/C6H6F2.C3H4O2/c7-6(8)4-2-1-3-5-6;1-2-5-3-4-1/h1-4H,5H2;1-2H,3H2. The van der Waals surface area contributed by atoms with Crippen LogP contribution in [0.5, 0.6) is 0 Å². The van der Waals surface area contributed by atoms with Gasteiger partial charge in [0.2, 0.25) is 6.79 Å². The first-order valence-electron chi connectivity index (χ1n) is 3.81. The number of allylic oxidation sites excluding steroid dienone is 4. The summed E-state index contributed by atoms with van der Waals surface area (Å²) in [6, 6.07) is 0. The minimum Gasteiger partial charge on any atom is -0.462 e. The SMILES string of the molecule is C1=COCO1.FC1(F)C=CC=CC1. The third-order valence-corrected chi connectivity index (χ3v) is 1.36. The predicted molar refractivity (Wildman–Crippen MR) is 44.0 cm³/mol. The highest BCUT2D eigenvalue weighted by Crippen LogP contribution is 2.22. The molecule has 0 unspecified atom stereocenters. The van der Waals surface area contributed by atoms with E-state index in [1.54, 1.807) is 6.08 Å². The number of rotatable bonds is 0. The highest BCUT2D eigenvalue weighted by Gasteiger charge is 2.23. The number of alkyl halides is 2. The molecule has 72 valence electrons. The first-order chi connectivity index (χ1) is 6.21. The summed E-state index contributed by atoms with van der Waals surface area (Å²) in [5.74, 6) is -2.59. The molecule has 0 saturated heterocycles. The molecular formula is C9H10F2O2. The molecule has 1 heterocycles. The van der Waals surface area contributed by atoms with E-state index in [0.717, 1.165) is 6.08 Å². The summed E-state index contributed by atoms with van der Waals surface area (Å²) in [7, 11) is 0. The van der Waals surface area contributed by atoms with E-state index in [9.17, 15) is 8.78 Å². The molecule has 0 fully saturated rings. The van der Waals surface area contributed by atoms with Gasteiger partial charge in [-0.1, -0.05) is 18.2 Å². The van der Waals surface area contributed by atoms with E-state index >= 15 is 0 Å². The van der Waals surface area contributed by atoms with E-state index in [1.807, 2.05) is 0 Å². The zero-order valence-electron chi connectivity index (χ0n) is 6.95. The number of halogens is 2. The lowest BCUT2D eigenvalue weighted by Gasteiger charge is -2.09. The summed E-state index contributed by atoms with van der Waals surface area (Å²) in [4.78, 5) is 0. The van der Waals surface area contributed by atoms with Crippen molar-refractivity contribution in [1.82, 2.24) is 0 Å². The number of hydrogen-bond acceptors (Lipinski definition) is 2. The molecule has 1 aliphatic carbocycles. The summed E-state index contributed by atoms with van der Waals surface area (Å²) in [6.07, 6.45) is 8.23. The van der Waals surface area contributed by atoms with E-state index in [0.29, 0.717) is 6.79 Å². The van der Waals surface area contributed by atoms with Crippen LogP contribution < -0.4 is 0 Å². The van der Waals surface area contributed by atoms with Gasteiger partial charge in [-0.2, -0.15) is 0 Å². The van der Waals surface area contributed by atoms with E-state index in [2.05, 4.69) is 9.47 Å². The lowest BCUT2D eigenvalue weighted by atomic mass is 10.1. The molecule has 2 aliphatic rings. The van der Waals surface area contributed by atoms with Crippen LogP contribution in [-0.2, 0) is 9.47 Å². The van der Waals surface area contributed by atoms with Crippen molar-refractivity contribution in [3.63, 3.8) is 0 Å². The van der Waals surface area contributed by atoms with Crippen molar-refractivity contribution in [1.29, 1.82) is 0 Å². The van der Waals surface area contributed by atoms with Gasteiger partial charge in [-0.15, -0.1) is 0 Å². The van der Waals surface area contributed by atoms with Crippen molar-refractivity contribution < 1.29 is 18.3 Å². The second kappa shape index (κ2) is 4.64. The molecule has 0 amide bonds. The van der Waals surface area contributed by atoms with Gasteiger partial charge in [0, 0.05) is 6.42 Å². The molecular weight excluding hydrogens is 178 g/mol. The minimum atomic E-state index is -2.59. The van der Waals surface area contributed by atoms with Gasteiger partial charge in [-0.25, -0.2) is 8.78 Å². The largest absolute Gasteiger partial charge is 0.462 e. The highest BCUT2D eigenvalue weighted by molar-refractivity contribution is 5.14. The molecule has 4 heteroatoms. The Morgan fingerprint density at radius 1 is 1.08 bits per heavy atom. The molecule has 13 heavy (non-hydrogen) atoms. The van der Waals surface area contributed by atoms with Crippen LogP contribution in [0.25, 0.3) is 0 Å². The van der Waals surface area contributed by atoms with E-state index < -0.39 is 5.92 Å². The van der Waals surface area contributed by atoms with Gasteiger partial charge in [0.25, 0.3) is 5.92 Å². The molecule has 2 nitrogen and oxygen atoms in total. The zero-order chi connectivity index (χ0) is 9.57. The van der Waals surface area contributed by atoms with Gasteiger partial charge in [0.05, 0.1) is 0 Å². The first-order valence-corrected chi connectivity index (χ1v) is 3.81. The predicted octanol–water partition coefficient (Wildman–Crippen LogP) is 2.60. The molecule has 0 saturated carbocycles. The molecule has 0 aromatic carbocycles. The van der Waals surface area contributed by atoms with Crippen molar-refractivity contribution in [2.24, 2.45) is 0 Å². The highest BCUT2D eigenvalue weighted by atomic mass is 19.3. The monoisotopic (exact) mass is 188 g/mol. The summed E-state index contributed by atoms with van der Waals surface area (Å²) in [6.45, 7) is 0.389. The van der Waals surface area contributed by atoms with Crippen molar-refractivity contribution in [2.75, 3.05) is 6.79 Å². The van der Waals surface area contributed by atoms with Gasteiger partial charge in [0.15, 0.2) is 0 Å². The summed E-state index contributed by atoms with van der Waals surface area (Å²) in [5.41, 5.74) is 0. The Morgan fingerprint density at radius 2 is 1.77 bits per heavy atom. The zero-order valence-corrected chi connectivity index (χ0v) is 6.95. The minimum absolute atomic E-state index is 0.149. The van der Waals surface area contributed by atoms with Crippen molar-refractivity contribution in [2.45, 2.75) is 12.3 Å². The molecule has 0 atom stereocenters. The van der Waals surface area contributed by atoms with Crippen molar-refractivity contribution >= 4 is 0 Å². The van der Waals surface area contributed by atoms with Crippen LogP contribution >= 0.6 is 0 Å². The maximum Gasteiger partial charge on any atom is 0.270 e. The average molecular weight is 188 g/mol. The maximum atomic E-state index is 12.1. The van der Waals surface area contributed by atoms with E-state index in [4.69, 9.17) is 0 Å². The van der Waals surface area contributed by atoms with Crippen LogP contribution in [0.1, 0.15) is 6.42 Å². The quantitative estimate of drug-likeness (QED) is 0.581. The third kappa shape index (κ3) is 4.30. The molecule has 0 aromatic heterocycles. The van der Waals surface area contributed by atoms with E-state index in [1.165, 1.54) is 24.7 Å². The maximum absolute atomic E-state index is 12.1.